The van der Waals surface area contributed by atoms with Gasteiger partial charge in [-0.25, -0.2) is 8.42 Å². The summed E-state index contributed by atoms with van der Waals surface area (Å²) in [6, 6.07) is 8.53. The summed E-state index contributed by atoms with van der Waals surface area (Å²) in [5, 5.41) is 2.98. The Bertz CT molecular complexity index is 1030. The number of nitrogens with one attached hydrogen (secondary N) is 1. The molecule has 10 heteroatoms. The Labute approximate surface area is 174 Å². The van der Waals surface area contributed by atoms with Crippen molar-refractivity contribution in [2.24, 2.45) is 0 Å². The Morgan fingerprint density at radius 1 is 1.24 bits per heavy atom. The highest BCUT2D eigenvalue weighted by Crippen LogP contribution is 2.35. The minimum Gasteiger partial charge on any atom is -0.495 e. The van der Waals surface area contributed by atoms with Crippen LogP contribution >= 0.6 is 11.6 Å². The van der Waals surface area contributed by atoms with Crippen LogP contribution in [-0.2, 0) is 14.8 Å². The predicted molar refractivity (Wildman–Crippen MR) is 111 cm³/mol. The first-order valence-corrected chi connectivity index (χ1v) is 11.0. The van der Waals surface area contributed by atoms with Crippen molar-refractivity contribution >= 4 is 38.9 Å². The molecular formula is C19H21ClN2O6S. The maximum absolute atomic E-state index is 13.0. The van der Waals surface area contributed by atoms with E-state index in [0.29, 0.717) is 22.9 Å². The molecule has 0 saturated carbocycles. The number of methoxy groups -OCH3 is 1. The molecule has 0 fully saturated rings. The van der Waals surface area contributed by atoms with E-state index in [1.807, 2.05) is 0 Å². The molecule has 1 unspecified atom stereocenters. The number of carbonyl (C=O) groups is 1. The van der Waals surface area contributed by atoms with E-state index in [1.54, 1.807) is 37.3 Å². The van der Waals surface area contributed by atoms with Crippen molar-refractivity contribution in [2.45, 2.75) is 19.4 Å². The molecule has 0 radical (unpaired) electrons. The van der Waals surface area contributed by atoms with E-state index in [2.05, 4.69) is 5.32 Å². The Morgan fingerprint density at radius 2 is 1.97 bits per heavy atom. The highest BCUT2D eigenvalue weighted by Gasteiger charge is 2.32. The number of fused-ring (bicyclic) bond motifs is 1. The molecule has 0 saturated heterocycles. The minimum atomic E-state index is -3.78. The zero-order valence-electron chi connectivity index (χ0n) is 16.1. The van der Waals surface area contributed by atoms with E-state index in [0.717, 1.165) is 10.6 Å². The van der Waals surface area contributed by atoms with Gasteiger partial charge in [0.25, 0.3) is 0 Å². The molecule has 1 aliphatic heterocycles. The van der Waals surface area contributed by atoms with E-state index < -0.39 is 22.0 Å². The molecular weight excluding hydrogens is 420 g/mol. The maximum atomic E-state index is 13.0. The molecule has 1 atom stereocenters. The van der Waals surface area contributed by atoms with Crippen molar-refractivity contribution in [1.29, 1.82) is 0 Å². The van der Waals surface area contributed by atoms with Gasteiger partial charge in [-0.15, -0.1) is 0 Å². The maximum Gasteiger partial charge on any atom is 0.248 e. The Balaban J connectivity index is 1.91. The molecule has 2 aromatic carbocycles. The highest BCUT2D eigenvalue weighted by atomic mass is 35.5. The Morgan fingerprint density at radius 3 is 2.59 bits per heavy atom. The first kappa shape index (κ1) is 21.1. The number of hydrogen-bond donors (Lipinski definition) is 1. The number of hydrogen-bond acceptors (Lipinski definition) is 6. The molecule has 0 spiro atoms. The number of halogens is 1. The summed E-state index contributed by atoms with van der Waals surface area (Å²) < 4.78 is 41.8. The van der Waals surface area contributed by atoms with Gasteiger partial charge in [0.1, 0.15) is 11.8 Å². The van der Waals surface area contributed by atoms with E-state index >= 15 is 0 Å². The summed E-state index contributed by atoms with van der Waals surface area (Å²) in [6.45, 7) is 1.84. The summed E-state index contributed by atoms with van der Waals surface area (Å²) in [7, 11) is -2.32. The lowest BCUT2D eigenvalue weighted by Crippen LogP contribution is -2.47. The lowest BCUT2D eigenvalue weighted by Gasteiger charge is -2.30. The second kappa shape index (κ2) is 8.38. The number of nitrogens with zero attached hydrogens (tertiary/aromatic N) is 1. The van der Waals surface area contributed by atoms with Crippen LogP contribution in [0.3, 0.4) is 0 Å². The van der Waals surface area contributed by atoms with Crippen molar-refractivity contribution in [1.82, 2.24) is 0 Å². The van der Waals surface area contributed by atoms with Crippen LogP contribution in [0.5, 0.6) is 17.2 Å². The molecule has 0 aromatic heterocycles. The third-order valence-corrected chi connectivity index (χ3v) is 5.83. The summed E-state index contributed by atoms with van der Waals surface area (Å²) >= 11 is 6.16. The van der Waals surface area contributed by atoms with Gasteiger partial charge in [0.15, 0.2) is 11.5 Å². The summed E-state index contributed by atoms with van der Waals surface area (Å²) in [6.07, 6.45) is 1.29. The summed E-state index contributed by atoms with van der Waals surface area (Å²) in [5.41, 5.74) is 0.741. The quantitative estimate of drug-likeness (QED) is 0.710. The number of anilines is 2. The molecule has 1 N–H and O–H groups in total. The molecule has 0 aliphatic carbocycles. The molecule has 1 amide bonds. The first-order valence-electron chi connectivity index (χ1n) is 8.78. The molecule has 2 aromatic rings. The van der Waals surface area contributed by atoms with Crippen molar-refractivity contribution in [3.63, 3.8) is 0 Å². The summed E-state index contributed by atoms with van der Waals surface area (Å²) in [5.74, 6) is 1.02. The third kappa shape index (κ3) is 4.51. The van der Waals surface area contributed by atoms with Crippen molar-refractivity contribution in [2.75, 3.05) is 29.8 Å². The van der Waals surface area contributed by atoms with Gasteiger partial charge in [0.2, 0.25) is 22.7 Å². The fourth-order valence-corrected chi connectivity index (χ4v) is 4.51. The van der Waals surface area contributed by atoms with Gasteiger partial charge < -0.3 is 19.5 Å². The zero-order valence-corrected chi connectivity index (χ0v) is 17.7. The van der Waals surface area contributed by atoms with Crippen LogP contribution < -0.4 is 23.8 Å². The minimum absolute atomic E-state index is 0.115. The van der Waals surface area contributed by atoms with Crippen molar-refractivity contribution in [3.8, 4) is 17.2 Å². The van der Waals surface area contributed by atoms with Gasteiger partial charge in [0.05, 0.1) is 24.1 Å². The van der Waals surface area contributed by atoms with E-state index in [-0.39, 0.29) is 23.9 Å². The van der Waals surface area contributed by atoms with Crippen LogP contribution in [0.15, 0.2) is 36.4 Å². The van der Waals surface area contributed by atoms with Gasteiger partial charge in [-0.05, 0) is 36.8 Å². The molecule has 3 rings (SSSR count). The van der Waals surface area contributed by atoms with E-state index in [9.17, 15) is 13.2 Å². The average molecular weight is 441 g/mol. The van der Waals surface area contributed by atoms with Crippen LogP contribution in [0.25, 0.3) is 0 Å². The van der Waals surface area contributed by atoms with Crippen LogP contribution in [0.1, 0.15) is 13.3 Å². The van der Waals surface area contributed by atoms with Gasteiger partial charge in [-0.2, -0.15) is 0 Å². The number of ether oxygens (including phenoxy) is 3. The lowest BCUT2D eigenvalue weighted by atomic mass is 10.1. The Kier molecular flexibility index (Phi) is 6.09. The van der Waals surface area contributed by atoms with Crippen molar-refractivity contribution in [3.05, 3.63) is 41.4 Å². The largest absolute Gasteiger partial charge is 0.495 e. The second-order valence-corrected chi connectivity index (χ2v) is 8.63. The van der Waals surface area contributed by atoms with Crippen LogP contribution in [0, 0.1) is 0 Å². The zero-order chi connectivity index (χ0) is 21.2. The lowest BCUT2D eigenvalue weighted by molar-refractivity contribution is -0.117. The van der Waals surface area contributed by atoms with Crippen LogP contribution in [0.4, 0.5) is 11.4 Å². The van der Waals surface area contributed by atoms with Crippen LogP contribution in [0.2, 0.25) is 5.02 Å². The standard InChI is InChI=1S/C19H21ClN2O6S/c1-4-15(19(23)21-12-5-7-17-18(9-12)28-11-27-17)22(29(3,24)25)13-6-8-16(26-2)14(20)10-13/h5-10,15H,4,11H2,1-3H3,(H,21,23). The normalized spacial score (nSPS) is 13.7. The van der Waals surface area contributed by atoms with E-state index in [4.69, 9.17) is 25.8 Å². The monoisotopic (exact) mass is 440 g/mol. The van der Waals surface area contributed by atoms with E-state index in [1.165, 1.54) is 13.2 Å². The number of sulfonamides is 1. The fraction of sp³-hybridized carbons (Fsp3) is 0.316. The number of amides is 1. The number of rotatable bonds is 7. The highest BCUT2D eigenvalue weighted by molar-refractivity contribution is 7.92. The smallest absolute Gasteiger partial charge is 0.248 e. The number of benzene rings is 2. The molecule has 8 nitrogen and oxygen atoms in total. The summed E-state index contributed by atoms with van der Waals surface area (Å²) in [4.78, 5) is 13.0. The first-order chi connectivity index (χ1) is 13.7. The fourth-order valence-electron chi connectivity index (χ4n) is 3.05. The Hall–Kier alpha value is -2.65. The topological polar surface area (TPSA) is 94.2 Å². The average Bonchev–Trinajstić information content (AvgIpc) is 3.12. The van der Waals surface area contributed by atoms with Gasteiger partial charge in [0, 0.05) is 11.8 Å². The van der Waals surface area contributed by atoms with Crippen LogP contribution in [-0.4, -0.2) is 40.5 Å². The molecule has 1 aliphatic rings. The van der Waals surface area contributed by atoms with Gasteiger partial charge in [-0.1, -0.05) is 18.5 Å². The third-order valence-electron chi connectivity index (χ3n) is 4.36. The predicted octanol–water partition coefficient (Wildman–Crippen LogP) is 3.26. The second-order valence-electron chi connectivity index (χ2n) is 6.36. The van der Waals surface area contributed by atoms with Crippen molar-refractivity contribution < 1.29 is 27.4 Å². The molecule has 0 bridgehead atoms. The van der Waals surface area contributed by atoms with Gasteiger partial charge in [-0.3, -0.25) is 9.10 Å². The van der Waals surface area contributed by atoms with Gasteiger partial charge >= 0.3 is 0 Å². The molecule has 1 heterocycles. The number of carbonyl (C=O) groups excluding carboxylic acids is 1. The molecule has 29 heavy (non-hydrogen) atoms. The molecule has 156 valence electrons. The SMILES string of the molecule is CCC(C(=O)Nc1ccc2c(c1)OCO2)N(c1ccc(OC)c(Cl)c1)S(C)(=O)=O.